The maximum absolute atomic E-state index is 14.8. The van der Waals surface area contributed by atoms with Crippen LogP contribution in [-0.4, -0.2) is 33.0 Å². The molecule has 1 aliphatic rings. The first-order valence-corrected chi connectivity index (χ1v) is 10.0. The molecular formula is C22H24F2N4O2. The molecule has 6 nitrogen and oxygen atoms in total. The van der Waals surface area contributed by atoms with Crippen LogP contribution in [0.25, 0.3) is 5.65 Å². The first-order chi connectivity index (χ1) is 14.4. The number of nitrogens with zero attached hydrogens (tertiary/aromatic N) is 3. The van der Waals surface area contributed by atoms with Crippen molar-refractivity contribution in [3.05, 3.63) is 59.9 Å². The zero-order valence-corrected chi connectivity index (χ0v) is 16.7. The number of fused-ring (bicyclic) bond motifs is 1. The van der Waals surface area contributed by atoms with Crippen LogP contribution in [0.4, 0.5) is 14.6 Å². The molecule has 158 valence electrons. The lowest BCUT2D eigenvalue weighted by Gasteiger charge is -2.35. The van der Waals surface area contributed by atoms with Gasteiger partial charge in [-0.25, -0.2) is 8.78 Å². The summed E-state index contributed by atoms with van der Waals surface area (Å²) in [5.74, 6) is -4.46. The van der Waals surface area contributed by atoms with E-state index in [9.17, 15) is 13.6 Å². The Labute approximate surface area is 173 Å². The number of carbonyl (C=O) groups is 1. The molecule has 30 heavy (non-hydrogen) atoms. The van der Waals surface area contributed by atoms with E-state index in [4.69, 9.17) is 4.74 Å². The van der Waals surface area contributed by atoms with E-state index in [0.717, 1.165) is 11.1 Å². The zero-order valence-electron chi connectivity index (χ0n) is 16.7. The quantitative estimate of drug-likeness (QED) is 0.611. The summed E-state index contributed by atoms with van der Waals surface area (Å²) in [6.07, 6.45) is 1.70. The molecule has 2 heterocycles. The topological polar surface area (TPSA) is 68.5 Å². The fourth-order valence-corrected chi connectivity index (χ4v) is 3.84. The van der Waals surface area contributed by atoms with E-state index in [-0.39, 0.29) is 19.6 Å². The van der Waals surface area contributed by atoms with Gasteiger partial charge < -0.3 is 10.1 Å². The van der Waals surface area contributed by atoms with Gasteiger partial charge in [0.15, 0.2) is 5.65 Å². The third-order valence-electron chi connectivity index (χ3n) is 5.68. The normalized spacial score (nSPS) is 20.8. The average molecular weight is 414 g/mol. The van der Waals surface area contributed by atoms with Gasteiger partial charge in [0.1, 0.15) is 18.8 Å². The second-order valence-corrected chi connectivity index (χ2v) is 7.88. The molecule has 0 radical (unpaired) electrons. The largest absolute Gasteiger partial charge is 0.461 e. The number of alkyl halides is 2. The highest BCUT2D eigenvalue weighted by atomic mass is 19.3. The van der Waals surface area contributed by atoms with Crippen LogP contribution in [0.5, 0.6) is 0 Å². The lowest BCUT2D eigenvalue weighted by Crippen LogP contribution is -2.42. The lowest BCUT2D eigenvalue weighted by molar-refractivity contribution is -0.161. The van der Waals surface area contributed by atoms with Crippen molar-refractivity contribution in [2.45, 2.75) is 38.7 Å². The number of esters is 1. The number of halogens is 2. The number of hydrogen-bond donors (Lipinski definition) is 1. The van der Waals surface area contributed by atoms with Gasteiger partial charge >= 0.3 is 5.97 Å². The van der Waals surface area contributed by atoms with Gasteiger partial charge in [-0.2, -0.15) is 0 Å². The van der Waals surface area contributed by atoms with E-state index >= 15 is 0 Å². The summed E-state index contributed by atoms with van der Waals surface area (Å²) in [6.45, 7) is 2.18. The Kier molecular flexibility index (Phi) is 5.65. The standard InChI is InChI=1S/C22H24F2N4O2/c1-15-5-7-16(8-6-15)13-30-21(29)17-9-10-18(22(23,24)11-17)12-25-19-3-2-4-20-27-26-14-28(19)20/h2-8,14,17-18,25H,9-13H2,1H3/t17?,18-/m1/s1. The monoisotopic (exact) mass is 414 g/mol. The van der Waals surface area contributed by atoms with Crippen molar-refractivity contribution in [2.24, 2.45) is 11.8 Å². The number of anilines is 1. The summed E-state index contributed by atoms with van der Waals surface area (Å²) < 4.78 is 36.5. The minimum absolute atomic E-state index is 0.106. The van der Waals surface area contributed by atoms with Crippen molar-refractivity contribution >= 4 is 17.4 Å². The number of aromatic nitrogens is 3. The highest BCUT2D eigenvalue weighted by molar-refractivity contribution is 5.72. The summed E-state index contributed by atoms with van der Waals surface area (Å²) >= 11 is 0. The van der Waals surface area contributed by atoms with Crippen LogP contribution in [-0.2, 0) is 16.1 Å². The summed E-state index contributed by atoms with van der Waals surface area (Å²) in [4.78, 5) is 12.3. The Hall–Kier alpha value is -3.03. The van der Waals surface area contributed by atoms with Crippen LogP contribution in [0, 0.1) is 18.8 Å². The van der Waals surface area contributed by atoms with Crippen molar-refractivity contribution in [3.8, 4) is 0 Å². The molecule has 0 bridgehead atoms. The molecule has 0 aliphatic heterocycles. The predicted octanol–water partition coefficient (Wildman–Crippen LogP) is 4.24. The number of carbonyl (C=O) groups excluding carboxylic acids is 1. The predicted molar refractivity (Wildman–Crippen MR) is 108 cm³/mol. The van der Waals surface area contributed by atoms with E-state index in [0.29, 0.717) is 17.9 Å². The highest BCUT2D eigenvalue weighted by Crippen LogP contribution is 2.42. The van der Waals surface area contributed by atoms with Gasteiger partial charge in [-0.1, -0.05) is 35.9 Å². The van der Waals surface area contributed by atoms with E-state index in [1.54, 1.807) is 22.6 Å². The van der Waals surface area contributed by atoms with Crippen LogP contribution in [0.1, 0.15) is 30.4 Å². The van der Waals surface area contributed by atoms with Gasteiger partial charge in [-0.05, 0) is 37.5 Å². The summed E-state index contributed by atoms with van der Waals surface area (Å²) in [6, 6.07) is 13.0. The Morgan fingerprint density at radius 2 is 2.03 bits per heavy atom. The van der Waals surface area contributed by atoms with Crippen LogP contribution in [0.2, 0.25) is 0 Å². The molecule has 1 fully saturated rings. The molecule has 0 amide bonds. The van der Waals surface area contributed by atoms with Crippen molar-refractivity contribution in [1.82, 2.24) is 14.6 Å². The zero-order chi connectivity index (χ0) is 21.1. The third-order valence-corrected chi connectivity index (χ3v) is 5.68. The summed E-state index contributed by atoms with van der Waals surface area (Å²) in [7, 11) is 0. The number of benzene rings is 1. The number of pyridine rings is 1. The lowest BCUT2D eigenvalue weighted by atomic mass is 9.79. The number of aryl methyl sites for hydroxylation is 1. The highest BCUT2D eigenvalue weighted by Gasteiger charge is 2.47. The van der Waals surface area contributed by atoms with Gasteiger partial charge in [0.25, 0.3) is 5.92 Å². The minimum Gasteiger partial charge on any atom is -0.461 e. The summed E-state index contributed by atoms with van der Waals surface area (Å²) in [5, 5.41) is 10.9. The van der Waals surface area contributed by atoms with Crippen molar-refractivity contribution < 1.29 is 18.3 Å². The molecule has 1 saturated carbocycles. The molecule has 3 aromatic rings. The molecule has 1 unspecified atom stereocenters. The van der Waals surface area contributed by atoms with Gasteiger partial charge in [0.2, 0.25) is 0 Å². The minimum atomic E-state index is -2.94. The Morgan fingerprint density at radius 1 is 1.23 bits per heavy atom. The fraction of sp³-hybridized carbons (Fsp3) is 0.409. The first-order valence-electron chi connectivity index (χ1n) is 10.0. The molecule has 2 aromatic heterocycles. The number of hydrogen-bond acceptors (Lipinski definition) is 5. The average Bonchev–Trinajstić information content (AvgIpc) is 3.21. The molecule has 0 spiro atoms. The van der Waals surface area contributed by atoms with Crippen LogP contribution in [0.3, 0.4) is 0 Å². The second-order valence-electron chi connectivity index (χ2n) is 7.88. The number of rotatable bonds is 6. The van der Waals surface area contributed by atoms with E-state index in [1.807, 2.05) is 31.2 Å². The van der Waals surface area contributed by atoms with Gasteiger partial charge in [-0.3, -0.25) is 9.20 Å². The smallest absolute Gasteiger partial charge is 0.309 e. The maximum Gasteiger partial charge on any atom is 0.309 e. The maximum atomic E-state index is 14.8. The van der Waals surface area contributed by atoms with Crippen LogP contribution in [0.15, 0.2) is 48.8 Å². The Bertz CT molecular complexity index is 1020. The fourth-order valence-electron chi connectivity index (χ4n) is 3.84. The molecule has 8 heteroatoms. The van der Waals surface area contributed by atoms with Gasteiger partial charge in [-0.15, -0.1) is 10.2 Å². The molecular weight excluding hydrogens is 390 g/mol. The van der Waals surface area contributed by atoms with Gasteiger partial charge in [0, 0.05) is 18.9 Å². The van der Waals surface area contributed by atoms with Crippen molar-refractivity contribution in [3.63, 3.8) is 0 Å². The van der Waals surface area contributed by atoms with Crippen molar-refractivity contribution in [1.29, 1.82) is 0 Å². The molecule has 1 aromatic carbocycles. The molecule has 1 N–H and O–H groups in total. The SMILES string of the molecule is Cc1ccc(COC(=O)C2CC[C@H](CNc3cccc4nncn34)C(F)(F)C2)cc1. The first kappa shape index (κ1) is 20.3. The van der Waals surface area contributed by atoms with Gasteiger partial charge in [0.05, 0.1) is 5.92 Å². The van der Waals surface area contributed by atoms with Crippen LogP contribution >= 0.6 is 0 Å². The number of ether oxygens (including phenoxy) is 1. The molecule has 0 saturated heterocycles. The molecule has 4 rings (SSSR count). The van der Waals surface area contributed by atoms with Crippen molar-refractivity contribution in [2.75, 3.05) is 11.9 Å². The molecule has 1 aliphatic carbocycles. The summed E-state index contributed by atoms with van der Waals surface area (Å²) in [5.41, 5.74) is 2.60. The number of nitrogens with one attached hydrogen (secondary N) is 1. The van der Waals surface area contributed by atoms with E-state index in [2.05, 4.69) is 15.5 Å². The second kappa shape index (κ2) is 8.38. The Balaban J connectivity index is 1.32. The van der Waals surface area contributed by atoms with E-state index < -0.39 is 30.1 Å². The third kappa shape index (κ3) is 4.42. The van der Waals surface area contributed by atoms with E-state index in [1.165, 1.54) is 6.33 Å². The molecule has 2 atom stereocenters. The Morgan fingerprint density at radius 3 is 2.80 bits per heavy atom. The van der Waals surface area contributed by atoms with Crippen LogP contribution < -0.4 is 5.32 Å².